The predicted octanol–water partition coefficient (Wildman–Crippen LogP) is 5.88. The average Bonchev–Trinajstić information content (AvgIpc) is 2.35. The zero-order valence-electron chi connectivity index (χ0n) is 9.95. The second-order valence-corrected chi connectivity index (χ2v) is 5.79. The van der Waals surface area contributed by atoms with E-state index >= 15 is 0 Å². The Labute approximate surface area is 135 Å². The Morgan fingerprint density at radius 3 is 1.13 bits per heavy atom. The van der Waals surface area contributed by atoms with Crippen LogP contribution in [-0.4, -0.2) is 45.9 Å². The van der Waals surface area contributed by atoms with Crippen LogP contribution in [0.3, 0.4) is 0 Å². The van der Waals surface area contributed by atoms with E-state index < -0.39 is 45.9 Å². The molecular weight excluding hydrogens is 503 g/mol. The van der Waals surface area contributed by atoms with Crippen molar-refractivity contribution in [1.82, 2.24) is 0 Å². The second-order valence-electron chi connectivity index (χ2n) is 4.04. The molecule has 0 heterocycles. The molecule has 0 aromatic heterocycles. The SMILES string of the molecule is FC(F)(F)C(F)(F)C(F)(F)C(F)(F)C(F)(F)C(F)(F)[C@@H](Br)CBr. The van der Waals surface area contributed by atoms with E-state index in [9.17, 15) is 57.1 Å². The molecule has 0 rings (SSSR count). The second kappa shape index (κ2) is 6.09. The zero-order valence-corrected chi connectivity index (χ0v) is 13.1. The maximum Gasteiger partial charge on any atom is 0.460 e. The minimum absolute atomic E-state index is 1.24. The fourth-order valence-corrected chi connectivity index (χ4v) is 1.77. The lowest BCUT2D eigenvalue weighted by atomic mass is 9.93. The van der Waals surface area contributed by atoms with Crippen molar-refractivity contribution in [3.8, 4) is 0 Å². The van der Waals surface area contributed by atoms with E-state index in [1.54, 1.807) is 15.9 Å². The predicted molar refractivity (Wildman–Crippen MR) is 57.3 cm³/mol. The van der Waals surface area contributed by atoms with E-state index in [-0.39, 0.29) is 0 Å². The van der Waals surface area contributed by atoms with E-state index in [0.29, 0.717) is 0 Å². The number of halogens is 15. The molecule has 0 amide bonds. The largest absolute Gasteiger partial charge is 0.460 e. The summed E-state index contributed by atoms with van der Waals surface area (Å²) in [6.45, 7) is 0. The van der Waals surface area contributed by atoms with Gasteiger partial charge in [0.2, 0.25) is 0 Å². The highest BCUT2D eigenvalue weighted by atomic mass is 79.9. The molecule has 0 aliphatic carbocycles. The Hall–Kier alpha value is 0.0500. The van der Waals surface area contributed by atoms with Crippen molar-refractivity contribution < 1.29 is 57.1 Å². The molecule has 0 nitrogen and oxygen atoms in total. The molecule has 1 atom stereocenters. The summed E-state index contributed by atoms with van der Waals surface area (Å²) in [5.41, 5.74) is 0. The van der Waals surface area contributed by atoms with Crippen molar-refractivity contribution in [2.75, 3.05) is 5.33 Å². The minimum atomic E-state index is -7.86. The van der Waals surface area contributed by atoms with Crippen LogP contribution < -0.4 is 0 Å². The van der Waals surface area contributed by atoms with Crippen LogP contribution >= 0.6 is 31.9 Å². The van der Waals surface area contributed by atoms with E-state index in [4.69, 9.17) is 0 Å². The monoisotopic (exact) mass is 504 g/mol. The first-order valence-electron chi connectivity index (χ1n) is 4.89. The van der Waals surface area contributed by atoms with Crippen LogP contribution in [0.4, 0.5) is 57.1 Å². The van der Waals surface area contributed by atoms with Gasteiger partial charge in [-0.05, 0) is 0 Å². The third-order valence-corrected chi connectivity index (χ3v) is 4.90. The highest BCUT2D eigenvalue weighted by Crippen LogP contribution is 2.61. The van der Waals surface area contributed by atoms with Crippen LogP contribution in [0.15, 0.2) is 0 Å². The van der Waals surface area contributed by atoms with Crippen molar-refractivity contribution in [1.29, 1.82) is 0 Å². The molecule has 0 aliphatic rings. The Morgan fingerprint density at radius 1 is 0.565 bits per heavy atom. The number of rotatable bonds is 6. The molecule has 0 aromatic carbocycles. The van der Waals surface area contributed by atoms with E-state index in [1.165, 1.54) is 0 Å². The van der Waals surface area contributed by atoms with Crippen LogP contribution in [0.2, 0.25) is 0 Å². The Balaban J connectivity index is 6.25. The molecule has 0 aliphatic heterocycles. The molecule has 0 aromatic rings. The molecule has 0 bridgehead atoms. The van der Waals surface area contributed by atoms with E-state index in [2.05, 4.69) is 15.9 Å². The topological polar surface area (TPSA) is 0 Å². The molecule has 140 valence electrons. The standard InChI is InChI=1S/C8H3Br2F13/c9-1-2(10)3(11,12)4(13,14)5(15,16)6(17,18)7(19,20)8(21,22)23/h2H,1H2/t2-/m0/s1. The summed E-state index contributed by atoms with van der Waals surface area (Å²) >= 11 is 3.83. The van der Waals surface area contributed by atoms with Crippen molar-refractivity contribution in [2.24, 2.45) is 0 Å². The Kier molecular flexibility index (Phi) is 6.10. The summed E-state index contributed by atoms with van der Waals surface area (Å²) in [6.07, 6.45) is -7.39. The van der Waals surface area contributed by atoms with Crippen molar-refractivity contribution in [3.63, 3.8) is 0 Å². The fourth-order valence-electron chi connectivity index (χ4n) is 1.08. The molecule has 0 saturated heterocycles. The van der Waals surface area contributed by atoms with Gasteiger partial charge in [-0.1, -0.05) is 31.9 Å². The van der Waals surface area contributed by atoms with E-state index in [0.717, 1.165) is 0 Å². The van der Waals surface area contributed by atoms with E-state index in [1.807, 2.05) is 0 Å². The van der Waals surface area contributed by atoms with Gasteiger partial charge in [0.05, 0.1) is 4.83 Å². The van der Waals surface area contributed by atoms with Gasteiger partial charge in [0.25, 0.3) is 0 Å². The first kappa shape index (κ1) is 23.1. The van der Waals surface area contributed by atoms with Crippen molar-refractivity contribution >= 4 is 31.9 Å². The first-order valence-corrected chi connectivity index (χ1v) is 6.93. The first-order chi connectivity index (χ1) is 9.73. The number of hydrogen-bond donors (Lipinski definition) is 0. The Bertz CT molecular complexity index is 426. The molecule has 23 heavy (non-hydrogen) atoms. The molecule has 0 saturated carbocycles. The third-order valence-electron chi connectivity index (χ3n) is 2.49. The molecule has 0 fully saturated rings. The Morgan fingerprint density at radius 2 is 0.870 bits per heavy atom. The van der Waals surface area contributed by atoms with Gasteiger partial charge in [0.1, 0.15) is 0 Å². The van der Waals surface area contributed by atoms with Crippen molar-refractivity contribution in [3.05, 3.63) is 0 Å². The van der Waals surface area contributed by atoms with Gasteiger partial charge < -0.3 is 0 Å². The summed E-state index contributed by atoms with van der Waals surface area (Å²) in [6, 6.07) is 0. The van der Waals surface area contributed by atoms with Gasteiger partial charge in [-0.2, -0.15) is 57.1 Å². The molecular formula is C8H3Br2F13. The quantitative estimate of drug-likeness (QED) is 0.312. The smallest absolute Gasteiger partial charge is 0.198 e. The molecule has 0 radical (unpaired) electrons. The highest BCUT2D eigenvalue weighted by molar-refractivity contribution is 9.12. The van der Waals surface area contributed by atoms with Crippen LogP contribution in [0.25, 0.3) is 0 Å². The maximum absolute atomic E-state index is 13.1. The van der Waals surface area contributed by atoms with Crippen LogP contribution in [0, 0.1) is 0 Å². The average molecular weight is 506 g/mol. The van der Waals surface area contributed by atoms with Gasteiger partial charge in [-0.3, -0.25) is 0 Å². The molecule has 15 heteroatoms. The van der Waals surface area contributed by atoms with Crippen LogP contribution in [0.1, 0.15) is 0 Å². The number of hydrogen-bond acceptors (Lipinski definition) is 0. The summed E-state index contributed by atoms with van der Waals surface area (Å²) in [5, 5.41) is -1.24. The third kappa shape index (κ3) is 3.15. The lowest BCUT2D eigenvalue weighted by molar-refractivity contribution is -0.439. The normalized spacial score (nSPS) is 17.3. The number of alkyl halides is 15. The lowest BCUT2D eigenvalue weighted by Gasteiger charge is -2.40. The van der Waals surface area contributed by atoms with Crippen molar-refractivity contribution in [2.45, 2.75) is 40.6 Å². The van der Waals surface area contributed by atoms with Gasteiger partial charge in [0, 0.05) is 5.33 Å². The summed E-state index contributed by atoms with van der Waals surface area (Å²) in [4.78, 5) is -2.98. The fraction of sp³-hybridized carbons (Fsp3) is 1.00. The van der Waals surface area contributed by atoms with Gasteiger partial charge in [0.15, 0.2) is 0 Å². The van der Waals surface area contributed by atoms with Gasteiger partial charge in [-0.15, -0.1) is 0 Å². The lowest BCUT2D eigenvalue weighted by Crippen LogP contribution is -2.71. The van der Waals surface area contributed by atoms with Crippen LogP contribution in [0.5, 0.6) is 0 Å². The highest BCUT2D eigenvalue weighted by Gasteiger charge is 2.91. The van der Waals surface area contributed by atoms with Crippen LogP contribution in [-0.2, 0) is 0 Å². The molecule has 0 N–H and O–H groups in total. The van der Waals surface area contributed by atoms with Gasteiger partial charge in [-0.25, -0.2) is 0 Å². The summed E-state index contributed by atoms with van der Waals surface area (Å²) in [7, 11) is 0. The minimum Gasteiger partial charge on any atom is -0.198 e. The molecule has 0 unspecified atom stereocenters. The maximum atomic E-state index is 13.1. The summed E-state index contributed by atoms with van der Waals surface area (Å²) < 4.78 is 164. The molecule has 0 spiro atoms. The summed E-state index contributed by atoms with van der Waals surface area (Å²) in [5.74, 6) is -36.6. The zero-order chi connectivity index (χ0) is 19.3. The van der Waals surface area contributed by atoms with Gasteiger partial charge >= 0.3 is 35.8 Å².